The Hall–Kier alpha value is -2.89. The molecule has 1 aliphatic rings. The molecule has 6 heteroatoms. The Kier molecular flexibility index (Phi) is 4.09. The Morgan fingerprint density at radius 2 is 2.12 bits per heavy atom. The molecule has 25 heavy (non-hydrogen) atoms. The van der Waals surface area contributed by atoms with Crippen molar-refractivity contribution in [2.75, 3.05) is 7.05 Å². The van der Waals surface area contributed by atoms with E-state index in [4.69, 9.17) is 0 Å². The van der Waals surface area contributed by atoms with E-state index in [0.717, 1.165) is 29.9 Å². The lowest BCUT2D eigenvalue weighted by Crippen LogP contribution is -2.30. The van der Waals surface area contributed by atoms with E-state index in [1.807, 2.05) is 48.1 Å². The number of imidazole rings is 1. The number of rotatable bonds is 5. The Morgan fingerprint density at radius 1 is 1.28 bits per heavy atom. The van der Waals surface area contributed by atoms with E-state index in [9.17, 15) is 4.79 Å². The first-order valence-corrected chi connectivity index (χ1v) is 8.58. The number of aromatic amines is 1. The van der Waals surface area contributed by atoms with Crippen LogP contribution in [-0.4, -0.2) is 37.6 Å². The zero-order valence-electron chi connectivity index (χ0n) is 14.3. The molecule has 3 aromatic rings. The third-order valence-corrected chi connectivity index (χ3v) is 4.76. The van der Waals surface area contributed by atoms with Crippen molar-refractivity contribution in [3.63, 3.8) is 0 Å². The average Bonchev–Trinajstić information content (AvgIpc) is 3.34. The van der Waals surface area contributed by atoms with Crippen molar-refractivity contribution in [2.24, 2.45) is 0 Å². The number of aromatic nitrogens is 4. The van der Waals surface area contributed by atoms with Gasteiger partial charge in [-0.25, -0.2) is 4.98 Å². The van der Waals surface area contributed by atoms with E-state index in [2.05, 4.69) is 15.2 Å². The first kappa shape index (κ1) is 15.6. The summed E-state index contributed by atoms with van der Waals surface area (Å²) in [5, 5.41) is 7.49. The van der Waals surface area contributed by atoms with Crippen LogP contribution in [0.15, 0.2) is 42.7 Å². The van der Waals surface area contributed by atoms with Gasteiger partial charge >= 0.3 is 0 Å². The number of amides is 1. The van der Waals surface area contributed by atoms with Crippen molar-refractivity contribution >= 4 is 5.91 Å². The molecule has 1 amide bonds. The molecular formula is C19H21N5O. The molecule has 128 valence electrons. The van der Waals surface area contributed by atoms with Crippen LogP contribution in [0.25, 0.3) is 11.4 Å². The monoisotopic (exact) mass is 335 g/mol. The van der Waals surface area contributed by atoms with Crippen LogP contribution < -0.4 is 0 Å². The highest BCUT2D eigenvalue weighted by atomic mass is 16.2. The lowest BCUT2D eigenvalue weighted by atomic mass is 10.2. The van der Waals surface area contributed by atoms with E-state index in [-0.39, 0.29) is 12.5 Å². The Balaban J connectivity index is 1.46. The van der Waals surface area contributed by atoms with Crippen LogP contribution in [0.1, 0.15) is 23.4 Å². The second kappa shape index (κ2) is 6.55. The van der Waals surface area contributed by atoms with Crippen LogP contribution in [0, 0.1) is 0 Å². The lowest BCUT2D eigenvalue weighted by Gasteiger charge is -2.17. The van der Waals surface area contributed by atoms with E-state index < -0.39 is 0 Å². The minimum Gasteiger partial charge on any atom is -0.338 e. The molecule has 4 rings (SSSR count). The molecule has 6 nitrogen and oxygen atoms in total. The van der Waals surface area contributed by atoms with Gasteiger partial charge in [-0.05, 0) is 24.8 Å². The van der Waals surface area contributed by atoms with Gasteiger partial charge in [0, 0.05) is 30.7 Å². The molecule has 0 saturated heterocycles. The summed E-state index contributed by atoms with van der Waals surface area (Å²) >= 11 is 0. The quantitative estimate of drug-likeness (QED) is 0.779. The highest BCUT2D eigenvalue weighted by Gasteiger charge is 2.21. The molecule has 0 atom stereocenters. The molecule has 0 bridgehead atoms. The second-order valence-corrected chi connectivity index (χ2v) is 6.48. The van der Waals surface area contributed by atoms with Gasteiger partial charge in [0.15, 0.2) is 0 Å². The molecule has 0 aliphatic heterocycles. The number of H-pyrrole nitrogens is 1. The topological polar surface area (TPSA) is 66.8 Å². The van der Waals surface area contributed by atoms with Crippen molar-refractivity contribution in [1.82, 2.24) is 24.6 Å². The SMILES string of the molecule is CN(Cc1n[nH]c2c1CCC2)C(=O)Cn1ccnc1-c1ccccc1. The maximum Gasteiger partial charge on any atom is 0.242 e. The van der Waals surface area contributed by atoms with Gasteiger partial charge in [0.2, 0.25) is 5.91 Å². The number of carbonyl (C=O) groups excluding carboxylic acids is 1. The standard InChI is InChI=1S/C19H21N5O/c1-23(12-17-15-8-5-9-16(15)21-22-17)18(25)13-24-11-10-20-19(24)14-6-3-2-4-7-14/h2-4,6-7,10-11H,5,8-9,12-13H2,1H3,(H,21,22). The van der Waals surface area contributed by atoms with Crippen LogP contribution in [0.5, 0.6) is 0 Å². The summed E-state index contributed by atoms with van der Waals surface area (Å²) in [5.74, 6) is 0.855. The fourth-order valence-corrected chi connectivity index (χ4v) is 3.38. The Labute approximate surface area is 146 Å². The van der Waals surface area contributed by atoms with Crippen LogP contribution in [0.4, 0.5) is 0 Å². The van der Waals surface area contributed by atoms with Crippen LogP contribution in [0.3, 0.4) is 0 Å². The highest BCUT2D eigenvalue weighted by molar-refractivity contribution is 5.76. The maximum atomic E-state index is 12.7. The molecule has 1 aliphatic carbocycles. The van der Waals surface area contributed by atoms with Gasteiger partial charge in [-0.1, -0.05) is 30.3 Å². The fourth-order valence-electron chi connectivity index (χ4n) is 3.38. The molecule has 0 fully saturated rings. The van der Waals surface area contributed by atoms with Crippen LogP contribution in [0.2, 0.25) is 0 Å². The number of nitrogens with zero attached hydrogens (tertiary/aromatic N) is 4. The molecule has 2 aromatic heterocycles. The largest absolute Gasteiger partial charge is 0.338 e. The zero-order valence-corrected chi connectivity index (χ0v) is 14.3. The van der Waals surface area contributed by atoms with Crippen LogP contribution >= 0.6 is 0 Å². The molecule has 0 saturated carbocycles. The van der Waals surface area contributed by atoms with Crippen molar-refractivity contribution < 1.29 is 4.79 Å². The van der Waals surface area contributed by atoms with Gasteiger partial charge in [-0.3, -0.25) is 9.89 Å². The summed E-state index contributed by atoms with van der Waals surface area (Å²) in [6.45, 7) is 0.813. The normalized spacial score (nSPS) is 13.0. The maximum absolute atomic E-state index is 12.7. The van der Waals surface area contributed by atoms with Gasteiger partial charge in [0.25, 0.3) is 0 Å². The summed E-state index contributed by atoms with van der Waals surface area (Å²) in [7, 11) is 1.83. The number of fused-ring (bicyclic) bond motifs is 1. The highest BCUT2D eigenvalue weighted by Crippen LogP contribution is 2.23. The average molecular weight is 335 g/mol. The Bertz CT molecular complexity index is 880. The van der Waals surface area contributed by atoms with Gasteiger partial charge in [0.1, 0.15) is 12.4 Å². The summed E-state index contributed by atoms with van der Waals surface area (Å²) in [6, 6.07) is 9.92. The van der Waals surface area contributed by atoms with E-state index in [1.165, 1.54) is 17.7 Å². The summed E-state index contributed by atoms with van der Waals surface area (Å²) in [6.07, 6.45) is 6.87. The number of hydrogen-bond acceptors (Lipinski definition) is 3. The van der Waals surface area contributed by atoms with Gasteiger partial charge in [-0.15, -0.1) is 0 Å². The predicted octanol–water partition coefficient (Wildman–Crippen LogP) is 2.42. The van der Waals surface area contributed by atoms with E-state index in [1.54, 1.807) is 11.1 Å². The Morgan fingerprint density at radius 3 is 2.96 bits per heavy atom. The first-order chi connectivity index (χ1) is 12.2. The number of benzene rings is 1. The lowest BCUT2D eigenvalue weighted by molar-refractivity contribution is -0.131. The number of aryl methyl sites for hydroxylation is 1. The van der Waals surface area contributed by atoms with Gasteiger partial charge in [-0.2, -0.15) is 5.10 Å². The predicted molar refractivity (Wildman–Crippen MR) is 94.7 cm³/mol. The van der Waals surface area contributed by atoms with Gasteiger partial charge < -0.3 is 9.47 Å². The first-order valence-electron chi connectivity index (χ1n) is 8.58. The summed E-state index contributed by atoms with van der Waals surface area (Å²) < 4.78 is 1.89. The van der Waals surface area contributed by atoms with Crippen molar-refractivity contribution in [3.8, 4) is 11.4 Å². The molecule has 2 heterocycles. The van der Waals surface area contributed by atoms with Crippen LogP contribution in [-0.2, 0) is 30.7 Å². The molecule has 0 unspecified atom stereocenters. The minimum absolute atomic E-state index is 0.0462. The summed E-state index contributed by atoms with van der Waals surface area (Å²) in [4.78, 5) is 18.8. The van der Waals surface area contributed by atoms with Crippen molar-refractivity contribution in [1.29, 1.82) is 0 Å². The number of hydrogen-bond donors (Lipinski definition) is 1. The molecule has 1 N–H and O–H groups in total. The third kappa shape index (κ3) is 3.07. The van der Waals surface area contributed by atoms with Crippen molar-refractivity contribution in [2.45, 2.75) is 32.4 Å². The van der Waals surface area contributed by atoms with E-state index in [0.29, 0.717) is 6.54 Å². The number of carbonyl (C=O) groups is 1. The number of likely N-dealkylation sites (N-methyl/N-ethyl adjacent to an activating group) is 1. The van der Waals surface area contributed by atoms with Gasteiger partial charge in [0.05, 0.1) is 12.2 Å². The zero-order chi connectivity index (χ0) is 17.2. The smallest absolute Gasteiger partial charge is 0.242 e. The molecular weight excluding hydrogens is 314 g/mol. The second-order valence-electron chi connectivity index (χ2n) is 6.48. The molecule has 1 aromatic carbocycles. The number of nitrogens with one attached hydrogen (secondary N) is 1. The van der Waals surface area contributed by atoms with Crippen molar-refractivity contribution in [3.05, 3.63) is 59.7 Å². The van der Waals surface area contributed by atoms with E-state index >= 15 is 0 Å². The molecule has 0 spiro atoms. The molecule has 0 radical (unpaired) electrons. The third-order valence-electron chi connectivity index (χ3n) is 4.76. The summed E-state index contributed by atoms with van der Waals surface area (Å²) in [5.41, 5.74) is 4.54. The minimum atomic E-state index is 0.0462. The fraction of sp³-hybridized carbons (Fsp3) is 0.316.